The predicted octanol–water partition coefficient (Wildman–Crippen LogP) is 3.33. The molecular weight excluding hydrogens is 336 g/mol. The Morgan fingerprint density at radius 1 is 1.36 bits per heavy atom. The fourth-order valence-electron chi connectivity index (χ4n) is 3.01. The molecule has 0 bridgehead atoms. The average molecular weight is 360 g/mol. The van der Waals surface area contributed by atoms with Gasteiger partial charge in [-0.05, 0) is 52.7 Å². The smallest absolute Gasteiger partial charge is 0.254 e. The maximum Gasteiger partial charge on any atom is 0.254 e. The summed E-state index contributed by atoms with van der Waals surface area (Å²) in [6, 6.07) is 5.67. The summed E-state index contributed by atoms with van der Waals surface area (Å²) in [6.07, 6.45) is 1.77. The van der Waals surface area contributed by atoms with Crippen LogP contribution in [-0.2, 0) is 4.79 Å². The van der Waals surface area contributed by atoms with Gasteiger partial charge in [0.2, 0.25) is 0 Å². The van der Waals surface area contributed by atoms with Crippen molar-refractivity contribution < 1.29 is 9.90 Å². The van der Waals surface area contributed by atoms with Gasteiger partial charge >= 0.3 is 0 Å². The Hall–Kier alpha value is -1.99. The fourth-order valence-corrected chi connectivity index (χ4v) is 3.83. The molecule has 2 aromatic heterocycles. The predicted molar refractivity (Wildman–Crippen MR) is 99.1 cm³/mol. The number of carbonyl (C=O) groups is 1. The number of nitrogens with zero attached hydrogens (tertiary/aromatic N) is 3. The molecule has 1 aliphatic heterocycles. The second kappa shape index (κ2) is 6.72. The van der Waals surface area contributed by atoms with E-state index in [4.69, 9.17) is 0 Å². The number of carbonyl (C=O) groups excluding carboxylic acids is 1. The van der Waals surface area contributed by atoms with Crippen molar-refractivity contribution in [1.29, 1.82) is 0 Å². The van der Waals surface area contributed by atoms with Gasteiger partial charge in [-0.3, -0.25) is 4.79 Å². The Balaban J connectivity index is 1.82. The molecule has 1 fully saturated rings. The molecule has 0 spiro atoms. The van der Waals surface area contributed by atoms with E-state index in [1.807, 2.05) is 32.0 Å². The number of likely N-dealkylation sites (tertiary alicyclic amines) is 1. The molecule has 1 amide bonds. The molecule has 134 valence electrons. The number of pyridine rings is 1. The maximum absolute atomic E-state index is 12.5. The van der Waals surface area contributed by atoms with Gasteiger partial charge in [-0.15, -0.1) is 11.3 Å². The van der Waals surface area contributed by atoms with Crippen molar-refractivity contribution in [3.63, 3.8) is 0 Å². The molecule has 25 heavy (non-hydrogen) atoms. The summed E-state index contributed by atoms with van der Waals surface area (Å²) in [5, 5.41) is 14.1. The largest absolute Gasteiger partial charge is 0.381 e. The van der Waals surface area contributed by atoms with Crippen molar-refractivity contribution >= 4 is 28.2 Å². The van der Waals surface area contributed by atoms with Crippen LogP contribution in [0.5, 0.6) is 0 Å². The van der Waals surface area contributed by atoms with Gasteiger partial charge in [0.25, 0.3) is 5.91 Å². The molecule has 7 heteroatoms. The lowest BCUT2D eigenvalue weighted by Crippen LogP contribution is -2.44. The third-order valence-corrected chi connectivity index (χ3v) is 5.40. The van der Waals surface area contributed by atoms with E-state index in [9.17, 15) is 9.90 Å². The lowest BCUT2D eigenvalue weighted by molar-refractivity contribution is -0.148. The Bertz CT molecular complexity index is 762. The minimum absolute atomic E-state index is 0.0968. The first kappa shape index (κ1) is 17.8. The summed E-state index contributed by atoms with van der Waals surface area (Å²) in [5.41, 5.74) is 0.487. The molecule has 3 heterocycles. The van der Waals surface area contributed by atoms with E-state index in [0.717, 1.165) is 29.4 Å². The Labute approximate surface area is 151 Å². The number of hydrogen-bond donors (Lipinski definition) is 2. The van der Waals surface area contributed by atoms with Gasteiger partial charge in [0.15, 0.2) is 5.13 Å². The zero-order valence-electron chi connectivity index (χ0n) is 15.0. The normalized spacial score (nSPS) is 17.8. The molecule has 0 unspecified atom stereocenters. The lowest BCUT2D eigenvalue weighted by atomic mass is 10.1. The Morgan fingerprint density at radius 2 is 2.12 bits per heavy atom. The highest BCUT2D eigenvalue weighted by atomic mass is 32.1. The minimum Gasteiger partial charge on any atom is -0.381 e. The van der Waals surface area contributed by atoms with E-state index in [-0.39, 0.29) is 11.9 Å². The average Bonchev–Trinajstić information content (AvgIpc) is 3.13. The number of hydrogen-bond acceptors (Lipinski definition) is 6. The van der Waals surface area contributed by atoms with Crippen LogP contribution in [-0.4, -0.2) is 38.0 Å². The molecule has 6 nitrogen and oxygen atoms in total. The minimum atomic E-state index is -1.37. The quantitative estimate of drug-likeness (QED) is 0.874. The Kier molecular flexibility index (Phi) is 4.79. The number of aromatic nitrogens is 2. The molecule has 0 radical (unpaired) electrons. The van der Waals surface area contributed by atoms with Gasteiger partial charge in [-0.1, -0.05) is 6.07 Å². The highest BCUT2D eigenvalue weighted by molar-refractivity contribution is 7.15. The first-order valence-corrected chi connectivity index (χ1v) is 9.29. The zero-order valence-corrected chi connectivity index (χ0v) is 15.9. The SMILES string of the molecule is Cc1nc(Nc2cccc([C@@H]3CCCN3C(=O)C(C)(C)O)n2)sc1C. The first-order chi connectivity index (χ1) is 11.8. The molecule has 0 aliphatic carbocycles. The van der Waals surface area contributed by atoms with Gasteiger partial charge in [0, 0.05) is 11.4 Å². The molecule has 1 atom stereocenters. The van der Waals surface area contributed by atoms with Crippen molar-refractivity contribution in [3.8, 4) is 0 Å². The van der Waals surface area contributed by atoms with Crippen LogP contribution in [0.1, 0.15) is 49.0 Å². The highest BCUT2D eigenvalue weighted by Crippen LogP contribution is 2.33. The third-order valence-electron chi connectivity index (χ3n) is 4.41. The monoisotopic (exact) mass is 360 g/mol. The van der Waals surface area contributed by atoms with Crippen molar-refractivity contribution in [2.75, 3.05) is 11.9 Å². The van der Waals surface area contributed by atoms with Crippen molar-refractivity contribution in [2.24, 2.45) is 0 Å². The van der Waals surface area contributed by atoms with E-state index in [1.165, 1.54) is 18.7 Å². The number of aliphatic hydroxyl groups is 1. The summed E-state index contributed by atoms with van der Waals surface area (Å²) in [4.78, 5) is 24.6. The molecular formula is C18H24N4O2S. The van der Waals surface area contributed by atoms with Crippen LogP contribution in [0.2, 0.25) is 0 Å². The molecule has 0 saturated carbocycles. The molecule has 1 aliphatic rings. The van der Waals surface area contributed by atoms with Crippen molar-refractivity contribution in [3.05, 3.63) is 34.5 Å². The number of aryl methyl sites for hydroxylation is 2. The zero-order chi connectivity index (χ0) is 18.2. The van der Waals surface area contributed by atoms with E-state index in [0.29, 0.717) is 12.4 Å². The van der Waals surface area contributed by atoms with Gasteiger partial charge in [0.05, 0.1) is 17.4 Å². The lowest BCUT2D eigenvalue weighted by Gasteiger charge is -2.29. The van der Waals surface area contributed by atoms with E-state index < -0.39 is 5.60 Å². The molecule has 3 rings (SSSR count). The van der Waals surface area contributed by atoms with E-state index in [2.05, 4.69) is 15.3 Å². The summed E-state index contributed by atoms with van der Waals surface area (Å²) < 4.78 is 0. The van der Waals surface area contributed by atoms with E-state index in [1.54, 1.807) is 16.2 Å². The van der Waals surface area contributed by atoms with Crippen LogP contribution >= 0.6 is 11.3 Å². The van der Waals surface area contributed by atoms with Crippen molar-refractivity contribution in [1.82, 2.24) is 14.9 Å². The number of thiazole rings is 1. The van der Waals surface area contributed by atoms with E-state index >= 15 is 0 Å². The highest BCUT2D eigenvalue weighted by Gasteiger charge is 2.37. The van der Waals surface area contributed by atoms with Crippen LogP contribution in [0, 0.1) is 13.8 Å². The number of anilines is 2. The standard InChI is InChI=1S/C18H24N4O2S/c1-11-12(2)25-17(19-11)21-15-9-5-7-13(20-15)14-8-6-10-22(14)16(23)18(3,4)24/h5,7,9,14,24H,6,8,10H2,1-4H3,(H,19,20,21)/t14-/m0/s1. The number of amides is 1. The Morgan fingerprint density at radius 3 is 2.76 bits per heavy atom. The summed E-state index contributed by atoms with van der Waals surface area (Å²) in [6.45, 7) is 7.74. The molecule has 2 aromatic rings. The van der Waals surface area contributed by atoms with Crippen LogP contribution in [0.4, 0.5) is 10.9 Å². The number of nitrogens with one attached hydrogen (secondary N) is 1. The summed E-state index contributed by atoms with van der Waals surface area (Å²) in [5.74, 6) is 0.468. The van der Waals surface area contributed by atoms with Crippen LogP contribution < -0.4 is 5.32 Å². The second-order valence-electron chi connectivity index (χ2n) is 6.95. The van der Waals surface area contributed by atoms with Crippen LogP contribution in [0.15, 0.2) is 18.2 Å². The fraction of sp³-hybridized carbons (Fsp3) is 0.500. The first-order valence-electron chi connectivity index (χ1n) is 8.47. The van der Waals surface area contributed by atoms with Crippen LogP contribution in [0.3, 0.4) is 0 Å². The summed E-state index contributed by atoms with van der Waals surface area (Å²) in [7, 11) is 0. The van der Waals surface area contributed by atoms with Gasteiger partial charge in [0.1, 0.15) is 11.4 Å². The second-order valence-corrected chi connectivity index (χ2v) is 8.15. The number of rotatable bonds is 4. The molecule has 2 N–H and O–H groups in total. The molecule has 0 aromatic carbocycles. The van der Waals surface area contributed by atoms with Crippen molar-refractivity contribution in [2.45, 2.75) is 52.2 Å². The maximum atomic E-state index is 12.5. The molecule has 1 saturated heterocycles. The summed E-state index contributed by atoms with van der Waals surface area (Å²) >= 11 is 1.60. The third kappa shape index (κ3) is 3.82. The topological polar surface area (TPSA) is 78.4 Å². The van der Waals surface area contributed by atoms with Gasteiger partial charge in [-0.25, -0.2) is 9.97 Å². The van der Waals surface area contributed by atoms with Gasteiger partial charge in [-0.2, -0.15) is 0 Å². The van der Waals surface area contributed by atoms with Crippen LogP contribution in [0.25, 0.3) is 0 Å². The van der Waals surface area contributed by atoms with Gasteiger partial charge < -0.3 is 15.3 Å².